The zero-order valence-corrected chi connectivity index (χ0v) is 13.2. The lowest BCUT2D eigenvalue weighted by Crippen LogP contribution is -2.04. The maximum absolute atomic E-state index is 5.76. The fraction of sp³-hybridized carbons (Fsp3) is 0.357. The van der Waals surface area contributed by atoms with E-state index in [0.717, 1.165) is 15.9 Å². The number of hydrogen-bond acceptors (Lipinski definition) is 3. The highest BCUT2D eigenvalue weighted by Crippen LogP contribution is 2.35. The number of thioether (sulfide) groups is 1. The highest BCUT2D eigenvalue weighted by atomic mass is 79.9. The molecule has 19 heavy (non-hydrogen) atoms. The Morgan fingerprint density at radius 2 is 2.32 bits per heavy atom. The van der Waals surface area contributed by atoms with Crippen molar-refractivity contribution in [1.82, 2.24) is 9.78 Å². The molecule has 0 saturated carbocycles. The second kappa shape index (κ2) is 5.31. The number of aryl methyl sites for hydroxylation is 2. The molecule has 2 aromatic rings. The molecule has 0 radical (unpaired) electrons. The summed E-state index contributed by atoms with van der Waals surface area (Å²) in [5, 5.41) is 4.58. The monoisotopic (exact) mass is 337 g/mol. The third kappa shape index (κ3) is 2.35. The van der Waals surface area contributed by atoms with Crippen LogP contribution in [0.15, 0.2) is 27.6 Å². The van der Waals surface area contributed by atoms with Crippen LogP contribution in [0.1, 0.15) is 17.7 Å². The van der Waals surface area contributed by atoms with Crippen LogP contribution < -0.4 is 5.73 Å². The van der Waals surface area contributed by atoms with E-state index in [1.165, 1.54) is 34.6 Å². The molecule has 5 heteroatoms. The Bertz CT molecular complexity index is 621. The fourth-order valence-corrected chi connectivity index (χ4v) is 4.19. The van der Waals surface area contributed by atoms with E-state index in [2.05, 4.69) is 39.2 Å². The molecule has 0 bridgehead atoms. The van der Waals surface area contributed by atoms with Crippen molar-refractivity contribution in [2.45, 2.75) is 24.3 Å². The summed E-state index contributed by atoms with van der Waals surface area (Å²) in [6.07, 6.45) is 2.43. The Hall–Kier alpha value is -0.780. The maximum atomic E-state index is 5.76. The van der Waals surface area contributed by atoms with Crippen LogP contribution in [0.3, 0.4) is 0 Å². The van der Waals surface area contributed by atoms with E-state index in [1.807, 2.05) is 23.5 Å². The van der Waals surface area contributed by atoms with Crippen molar-refractivity contribution in [3.63, 3.8) is 0 Å². The molecule has 1 aromatic carbocycles. The number of aromatic nitrogens is 2. The molecular formula is C14H16BrN3S. The molecule has 0 aliphatic carbocycles. The quantitative estimate of drug-likeness (QED) is 0.913. The molecule has 2 heterocycles. The van der Waals surface area contributed by atoms with Crippen LogP contribution in [0, 0.1) is 0 Å². The average Bonchev–Trinajstić information content (AvgIpc) is 2.73. The van der Waals surface area contributed by atoms with Gasteiger partial charge in [-0.05, 0) is 52.2 Å². The number of hydrogen-bond donors (Lipinski definition) is 1. The van der Waals surface area contributed by atoms with Gasteiger partial charge in [-0.2, -0.15) is 5.10 Å². The summed E-state index contributed by atoms with van der Waals surface area (Å²) in [6, 6.07) is 6.65. The number of nitrogens with two attached hydrogens (primary N) is 1. The van der Waals surface area contributed by atoms with Gasteiger partial charge in [-0.3, -0.25) is 4.68 Å². The Morgan fingerprint density at radius 1 is 1.47 bits per heavy atom. The van der Waals surface area contributed by atoms with Crippen LogP contribution in [0.4, 0.5) is 0 Å². The fourth-order valence-electron chi connectivity index (χ4n) is 2.45. The van der Waals surface area contributed by atoms with Crippen LogP contribution in [-0.4, -0.2) is 15.5 Å². The van der Waals surface area contributed by atoms with Crippen LogP contribution >= 0.6 is 27.7 Å². The van der Waals surface area contributed by atoms with Gasteiger partial charge in [0.15, 0.2) is 0 Å². The lowest BCUT2D eigenvalue weighted by Gasteiger charge is -2.15. The van der Waals surface area contributed by atoms with Gasteiger partial charge in [0.1, 0.15) is 5.69 Å². The summed E-state index contributed by atoms with van der Waals surface area (Å²) >= 11 is 5.58. The van der Waals surface area contributed by atoms with Gasteiger partial charge < -0.3 is 5.73 Å². The molecule has 0 spiro atoms. The van der Waals surface area contributed by atoms with E-state index in [9.17, 15) is 0 Å². The first-order valence-electron chi connectivity index (χ1n) is 6.38. The third-order valence-corrected chi connectivity index (χ3v) is 5.51. The van der Waals surface area contributed by atoms with Gasteiger partial charge >= 0.3 is 0 Å². The Labute approximate surface area is 125 Å². The Kier molecular flexibility index (Phi) is 3.69. The summed E-state index contributed by atoms with van der Waals surface area (Å²) in [4.78, 5) is 1.42. The lowest BCUT2D eigenvalue weighted by atomic mass is 10.0. The number of benzene rings is 1. The van der Waals surface area contributed by atoms with Gasteiger partial charge in [-0.15, -0.1) is 11.8 Å². The number of fused-ring (bicyclic) bond motifs is 1. The van der Waals surface area contributed by atoms with E-state index in [0.29, 0.717) is 6.54 Å². The smallest absolute Gasteiger partial charge is 0.107 e. The van der Waals surface area contributed by atoms with E-state index >= 15 is 0 Å². The summed E-state index contributed by atoms with van der Waals surface area (Å²) in [7, 11) is 1.94. The molecule has 3 rings (SSSR count). The summed E-state index contributed by atoms with van der Waals surface area (Å²) in [5.74, 6) is 1.23. The SMILES string of the molecule is Cn1nc(-c2ccc3c(c2)CCCS3)c(Br)c1CN. The molecule has 3 nitrogen and oxygen atoms in total. The van der Waals surface area contributed by atoms with Gasteiger partial charge in [0.25, 0.3) is 0 Å². The van der Waals surface area contributed by atoms with Crippen LogP contribution in [0.5, 0.6) is 0 Å². The van der Waals surface area contributed by atoms with Crippen molar-refractivity contribution < 1.29 is 0 Å². The topological polar surface area (TPSA) is 43.8 Å². The summed E-state index contributed by atoms with van der Waals surface area (Å²) in [6.45, 7) is 0.491. The first kappa shape index (κ1) is 13.2. The van der Waals surface area contributed by atoms with Gasteiger partial charge in [-0.25, -0.2) is 0 Å². The van der Waals surface area contributed by atoms with Crippen molar-refractivity contribution in [2.24, 2.45) is 12.8 Å². The lowest BCUT2D eigenvalue weighted by molar-refractivity contribution is 0.712. The van der Waals surface area contributed by atoms with Gasteiger partial charge in [0, 0.05) is 24.1 Å². The third-order valence-electron chi connectivity index (χ3n) is 3.48. The van der Waals surface area contributed by atoms with E-state index in [4.69, 9.17) is 5.73 Å². The molecule has 1 aliphatic heterocycles. The molecule has 100 valence electrons. The predicted octanol–water partition coefficient (Wildman–Crippen LogP) is 3.35. The first-order chi connectivity index (χ1) is 9.20. The minimum atomic E-state index is 0.491. The number of nitrogens with zero attached hydrogens (tertiary/aromatic N) is 2. The van der Waals surface area contributed by atoms with Crippen molar-refractivity contribution in [3.05, 3.63) is 33.9 Å². The maximum Gasteiger partial charge on any atom is 0.107 e. The predicted molar refractivity (Wildman–Crippen MR) is 83.3 cm³/mol. The second-order valence-corrected chi connectivity index (χ2v) is 6.64. The number of halogens is 1. The summed E-state index contributed by atoms with van der Waals surface area (Å²) < 4.78 is 2.87. The van der Waals surface area contributed by atoms with E-state index < -0.39 is 0 Å². The van der Waals surface area contributed by atoms with Gasteiger partial charge in [0.05, 0.1) is 10.2 Å². The van der Waals surface area contributed by atoms with Gasteiger partial charge in [0.2, 0.25) is 0 Å². The second-order valence-electron chi connectivity index (χ2n) is 4.71. The largest absolute Gasteiger partial charge is 0.325 e. The normalized spacial score (nSPS) is 14.5. The van der Waals surface area contributed by atoms with Crippen LogP contribution in [-0.2, 0) is 20.0 Å². The summed E-state index contributed by atoms with van der Waals surface area (Å²) in [5.41, 5.74) is 10.4. The van der Waals surface area contributed by atoms with Crippen molar-refractivity contribution in [3.8, 4) is 11.3 Å². The van der Waals surface area contributed by atoms with E-state index in [1.54, 1.807) is 0 Å². The molecule has 0 unspecified atom stereocenters. The van der Waals surface area contributed by atoms with Crippen molar-refractivity contribution in [1.29, 1.82) is 0 Å². The zero-order chi connectivity index (χ0) is 13.4. The molecule has 1 aromatic heterocycles. The standard InChI is InChI=1S/C14H16BrN3S/c1-18-11(8-16)13(15)14(17-18)10-4-5-12-9(7-10)3-2-6-19-12/h4-5,7H,2-3,6,8,16H2,1H3. The van der Waals surface area contributed by atoms with Gasteiger partial charge in [-0.1, -0.05) is 6.07 Å². The average molecular weight is 338 g/mol. The van der Waals surface area contributed by atoms with Crippen LogP contribution in [0.25, 0.3) is 11.3 Å². The molecule has 2 N–H and O–H groups in total. The number of rotatable bonds is 2. The van der Waals surface area contributed by atoms with Crippen molar-refractivity contribution >= 4 is 27.7 Å². The van der Waals surface area contributed by atoms with Crippen LogP contribution in [0.2, 0.25) is 0 Å². The Balaban J connectivity index is 2.07. The minimum absolute atomic E-state index is 0.491. The van der Waals surface area contributed by atoms with Crippen molar-refractivity contribution in [2.75, 3.05) is 5.75 Å². The first-order valence-corrected chi connectivity index (χ1v) is 8.16. The molecule has 0 saturated heterocycles. The highest BCUT2D eigenvalue weighted by Gasteiger charge is 2.16. The molecule has 0 amide bonds. The Morgan fingerprint density at radius 3 is 3.05 bits per heavy atom. The highest BCUT2D eigenvalue weighted by molar-refractivity contribution is 9.10. The molecule has 0 fully saturated rings. The zero-order valence-electron chi connectivity index (χ0n) is 10.8. The minimum Gasteiger partial charge on any atom is -0.325 e. The molecular weight excluding hydrogens is 322 g/mol. The molecule has 1 aliphatic rings. The van der Waals surface area contributed by atoms with E-state index in [-0.39, 0.29) is 0 Å². The molecule has 0 atom stereocenters.